The lowest BCUT2D eigenvalue weighted by Gasteiger charge is -2.19. The van der Waals surface area contributed by atoms with Gasteiger partial charge >= 0.3 is 6.03 Å². The lowest BCUT2D eigenvalue weighted by Crippen LogP contribution is -2.42. The molecule has 3 N–H and O–H groups in total. The summed E-state index contributed by atoms with van der Waals surface area (Å²) in [7, 11) is 1.63. The van der Waals surface area contributed by atoms with Gasteiger partial charge in [-0.1, -0.05) is 18.2 Å². The number of rotatable bonds is 6. The number of ether oxygens (including phenoxy) is 2. The molecule has 0 aromatic heterocycles. The fourth-order valence-electron chi connectivity index (χ4n) is 3.19. The molecular weight excluding hydrogens is 400 g/mol. The predicted molar refractivity (Wildman–Crippen MR) is 117 cm³/mol. The molecule has 0 unspecified atom stereocenters. The van der Waals surface area contributed by atoms with E-state index in [1.165, 1.54) is 4.90 Å². The molecule has 1 heterocycles. The Morgan fingerprint density at radius 2 is 1.55 bits per heavy atom. The third kappa shape index (κ3) is 6.19. The third-order valence-corrected chi connectivity index (χ3v) is 4.63. The fourth-order valence-corrected chi connectivity index (χ4v) is 3.19. The molecule has 9 heteroatoms. The molecule has 1 aliphatic rings. The summed E-state index contributed by atoms with van der Waals surface area (Å²) in [5.41, 5.74) is 3.16. The molecule has 0 atom stereocenters. The van der Waals surface area contributed by atoms with Crippen molar-refractivity contribution in [3.05, 3.63) is 47.5 Å². The van der Waals surface area contributed by atoms with E-state index in [0.717, 1.165) is 16.8 Å². The monoisotopic (exact) mass is 426 g/mol. The average molecular weight is 426 g/mol. The van der Waals surface area contributed by atoms with Gasteiger partial charge in [0.25, 0.3) is 0 Å². The summed E-state index contributed by atoms with van der Waals surface area (Å²) in [6.07, 6.45) is 0. The normalized spacial score (nSPS) is 12.3. The quantitative estimate of drug-likeness (QED) is 0.654. The first kappa shape index (κ1) is 22.1. The number of nitrogens with zero attached hydrogens (tertiary/aromatic N) is 1. The Morgan fingerprint density at radius 3 is 2.26 bits per heavy atom. The van der Waals surface area contributed by atoms with E-state index >= 15 is 0 Å². The van der Waals surface area contributed by atoms with Crippen LogP contribution in [0.4, 0.5) is 16.2 Å². The van der Waals surface area contributed by atoms with Crippen molar-refractivity contribution in [2.75, 3.05) is 44.0 Å². The molecule has 0 fully saturated rings. The number of benzene rings is 2. The summed E-state index contributed by atoms with van der Waals surface area (Å²) in [5.74, 6) is 0.366. The zero-order chi connectivity index (χ0) is 22.4. The van der Waals surface area contributed by atoms with E-state index in [1.54, 1.807) is 25.2 Å². The van der Waals surface area contributed by atoms with Crippen LogP contribution in [0.1, 0.15) is 11.1 Å². The van der Waals surface area contributed by atoms with Gasteiger partial charge < -0.3 is 20.1 Å². The van der Waals surface area contributed by atoms with Crippen molar-refractivity contribution in [1.29, 1.82) is 0 Å². The molecule has 0 radical (unpaired) electrons. The molecule has 0 bridgehead atoms. The number of para-hydroxylation sites is 1. The van der Waals surface area contributed by atoms with E-state index in [9.17, 15) is 14.4 Å². The maximum atomic E-state index is 12.3. The van der Waals surface area contributed by atoms with Crippen LogP contribution in [-0.4, -0.2) is 56.1 Å². The predicted octanol–water partition coefficient (Wildman–Crippen LogP) is 2.29. The van der Waals surface area contributed by atoms with E-state index < -0.39 is 11.9 Å². The molecular formula is C22H26N4O5. The Labute approximate surface area is 180 Å². The average Bonchev–Trinajstić information content (AvgIpc) is 2.70. The van der Waals surface area contributed by atoms with Crippen LogP contribution in [0.5, 0.6) is 11.5 Å². The molecule has 0 saturated heterocycles. The summed E-state index contributed by atoms with van der Waals surface area (Å²) < 4.78 is 10.9. The van der Waals surface area contributed by atoms with E-state index in [1.807, 2.05) is 32.0 Å². The molecule has 1 aliphatic heterocycles. The van der Waals surface area contributed by atoms with Crippen LogP contribution < -0.4 is 25.4 Å². The second-order valence-corrected chi connectivity index (χ2v) is 7.35. The molecule has 0 aliphatic carbocycles. The molecule has 2 aromatic rings. The Bertz CT molecular complexity index is 972. The van der Waals surface area contributed by atoms with Crippen LogP contribution in [0.2, 0.25) is 0 Å². The summed E-state index contributed by atoms with van der Waals surface area (Å²) >= 11 is 0. The van der Waals surface area contributed by atoms with Crippen molar-refractivity contribution >= 4 is 29.2 Å². The van der Waals surface area contributed by atoms with Crippen LogP contribution in [0.3, 0.4) is 0 Å². The Balaban J connectivity index is 1.45. The minimum Gasteiger partial charge on any atom is -0.486 e. The maximum Gasteiger partial charge on any atom is 0.325 e. The number of likely N-dealkylation sites (N-methyl/N-ethyl adjacent to an activating group) is 1. The standard InChI is InChI=1S/C22H26N4O5/c1-14-5-4-6-15(2)21(14)24-19(27)12-26(3)13-20(28)25-22(29)23-16-7-8-17-18(11-16)31-10-9-30-17/h4-8,11H,9-10,12-13H2,1-3H3,(H,24,27)(H2,23,25,28,29). The summed E-state index contributed by atoms with van der Waals surface area (Å²) in [6.45, 7) is 4.63. The largest absolute Gasteiger partial charge is 0.486 e. The first-order chi connectivity index (χ1) is 14.8. The Morgan fingerprint density at radius 1 is 0.903 bits per heavy atom. The van der Waals surface area contributed by atoms with Crippen molar-refractivity contribution in [3.8, 4) is 11.5 Å². The highest BCUT2D eigenvalue weighted by atomic mass is 16.6. The number of nitrogens with one attached hydrogen (secondary N) is 3. The van der Waals surface area contributed by atoms with Gasteiger partial charge in [-0.25, -0.2) is 4.79 Å². The summed E-state index contributed by atoms with van der Waals surface area (Å²) in [5, 5.41) is 7.69. The maximum absolute atomic E-state index is 12.3. The summed E-state index contributed by atoms with van der Waals surface area (Å²) in [6, 6.07) is 10.1. The van der Waals surface area contributed by atoms with Crippen LogP contribution in [-0.2, 0) is 9.59 Å². The zero-order valence-electron chi connectivity index (χ0n) is 17.8. The molecule has 3 rings (SSSR count). The van der Waals surface area contributed by atoms with Crippen LogP contribution >= 0.6 is 0 Å². The first-order valence-corrected chi connectivity index (χ1v) is 9.87. The number of fused-ring (bicyclic) bond motifs is 1. The topological polar surface area (TPSA) is 109 Å². The first-order valence-electron chi connectivity index (χ1n) is 9.87. The molecule has 0 saturated carbocycles. The molecule has 9 nitrogen and oxygen atoms in total. The SMILES string of the molecule is Cc1cccc(C)c1NC(=O)CN(C)CC(=O)NC(=O)Nc1ccc2c(c1)OCCO2. The van der Waals surface area contributed by atoms with Gasteiger partial charge in [-0.2, -0.15) is 0 Å². The van der Waals surface area contributed by atoms with E-state index in [-0.39, 0.29) is 19.0 Å². The van der Waals surface area contributed by atoms with Crippen molar-refractivity contribution in [3.63, 3.8) is 0 Å². The lowest BCUT2D eigenvalue weighted by atomic mass is 10.1. The molecule has 4 amide bonds. The Hall–Kier alpha value is -3.59. The smallest absolute Gasteiger partial charge is 0.325 e. The number of hydrogen-bond acceptors (Lipinski definition) is 6. The molecule has 31 heavy (non-hydrogen) atoms. The number of hydrogen-bond donors (Lipinski definition) is 3. The van der Waals surface area contributed by atoms with Crippen LogP contribution in [0.15, 0.2) is 36.4 Å². The molecule has 2 aromatic carbocycles. The number of urea groups is 1. The van der Waals surface area contributed by atoms with Gasteiger partial charge in [0.15, 0.2) is 11.5 Å². The van der Waals surface area contributed by atoms with E-state index in [4.69, 9.17) is 9.47 Å². The number of imide groups is 1. The van der Waals surface area contributed by atoms with E-state index in [2.05, 4.69) is 16.0 Å². The van der Waals surface area contributed by atoms with Gasteiger partial charge in [0, 0.05) is 17.4 Å². The third-order valence-electron chi connectivity index (χ3n) is 4.63. The van der Waals surface area contributed by atoms with Crippen molar-refractivity contribution in [1.82, 2.24) is 10.2 Å². The fraction of sp³-hybridized carbons (Fsp3) is 0.318. The van der Waals surface area contributed by atoms with Gasteiger partial charge in [0.1, 0.15) is 13.2 Å². The number of aryl methyl sites for hydroxylation is 2. The van der Waals surface area contributed by atoms with Crippen molar-refractivity contribution in [2.24, 2.45) is 0 Å². The van der Waals surface area contributed by atoms with Gasteiger partial charge in [-0.15, -0.1) is 0 Å². The second kappa shape index (κ2) is 9.94. The number of carbonyl (C=O) groups is 3. The highest BCUT2D eigenvalue weighted by Crippen LogP contribution is 2.32. The number of anilines is 2. The highest BCUT2D eigenvalue weighted by Gasteiger charge is 2.16. The number of carbonyl (C=O) groups excluding carboxylic acids is 3. The zero-order valence-corrected chi connectivity index (χ0v) is 17.8. The van der Waals surface area contributed by atoms with Crippen LogP contribution in [0, 0.1) is 13.8 Å². The van der Waals surface area contributed by atoms with Crippen molar-refractivity contribution < 1.29 is 23.9 Å². The van der Waals surface area contributed by atoms with Gasteiger partial charge in [0.05, 0.1) is 13.1 Å². The van der Waals surface area contributed by atoms with Gasteiger partial charge in [0.2, 0.25) is 11.8 Å². The second-order valence-electron chi connectivity index (χ2n) is 7.35. The van der Waals surface area contributed by atoms with Gasteiger partial charge in [-0.05, 0) is 44.2 Å². The minimum absolute atomic E-state index is 0.00493. The van der Waals surface area contributed by atoms with Gasteiger partial charge in [-0.3, -0.25) is 19.8 Å². The minimum atomic E-state index is -0.671. The lowest BCUT2D eigenvalue weighted by molar-refractivity contribution is -0.122. The Kier molecular flexibility index (Phi) is 7.09. The number of amides is 4. The molecule has 0 spiro atoms. The molecule has 164 valence electrons. The highest BCUT2D eigenvalue weighted by molar-refractivity contribution is 6.02. The summed E-state index contributed by atoms with van der Waals surface area (Å²) in [4.78, 5) is 38.1. The van der Waals surface area contributed by atoms with Crippen LogP contribution in [0.25, 0.3) is 0 Å². The van der Waals surface area contributed by atoms with Crippen molar-refractivity contribution in [2.45, 2.75) is 13.8 Å². The van der Waals surface area contributed by atoms with E-state index in [0.29, 0.717) is 30.4 Å².